The first-order chi connectivity index (χ1) is 12.6. The fourth-order valence-electron chi connectivity index (χ4n) is 3.09. The zero-order valence-corrected chi connectivity index (χ0v) is 15.1. The molecule has 6 nitrogen and oxygen atoms in total. The summed E-state index contributed by atoms with van der Waals surface area (Å²) in [7, 11) is 1.57. The lowest BCUT2D eigenvalue weighted by Crippen LogP contribution is -2.48. The standard InChI is InChI=1S/C20H24N2O4/c1-3-26-18-9-4-15(14-19(18)25-2)20(24)22-12-10-21(11-13-22)16-5-7-17(23)8-6-16/h4-9,14,23H,3,10-13H2,1-2H3. The van der Waals surface area contributed by atoms with Crippen molar-refractivity contribution in [2.24, 2.45) is 0 Å². The van der Waals surface area contributed by atoms with Crippen molar-refractivity contribution in [1.82, 2.24) is 4.90 Å². The second-order valence-corrected chi connectivity index (χ2v) is 6.09. The second-order valence-electron chi connectivity index (χ2n) is 6.09. The van der Waals surface area contributed by atoms with Crippen LogP contribution in [0.1, 0.15) is 17.3 Å². The maximum Gasteiger partial charge on any atom is 0.254 e. The summed E-state index contributed by atoms with van der Waals surface area (Å²) < 4.78 is 10.8. The fourth-order valence-corrected chi connectivity index (χ4v) is 3.09. The van der Waals surface area contributed by atoms with E-state index in [2.05, 4.69) is 4.90 Å². The molecule has 0 bridgehead atoms. The third kappa shape index (κ3) is 3.85. The number of rotatable bonds is 5. The van der Waals surface area contributed by atoms with Gasteiger partial charge in [0.1, 0.15) is 5.75 Å². The molecule has 1 fully saturated rings. The van der Waals surface area contributed by atoms with Crippen LogP contribution in [0, 0.1) is 0 Å². The van der Waals surface area contributed by atoms with Crippen LogP contribution in [0.2, 0.25) is 0 Å². The number of hydrogen-bond donors (Lipinski definition) is 1. The van der Waals surface area contributed by atoms with Crippen molar-refractivity contribution in [3.8, 4) is 17.2 Å². The Hall–Kier alpha value is -2.89. The van der Waals surface area contributed by atoms with Crippen molar-refractivity contribution in [3.05, 3.63) is 48.0 Å². The number of phenols is 1. The summed E-state index contributed by atoms with van der Waals surface area (Å²) in [5, 5.41) is 9.40. The largest absolute Gasteiger partial charge is 0.508 e. The molecule has 0 spiro atoms. The van der Waals surface area contributed by atoms with Crippen LogP contribution in [-0.2, 0) is 0 Å². The van der Waals surface area contributed by atoms with E-state index in [1.165, 1.54) is 0 Å². The minimum absolute atomic E-state index is 0.00305. The third-order valence-corrected chi connectivity index (χ3v) is 4.49. The van der Waals surface area contributed by atoms with E-state index in [0.717, 1.165) is 18.8 Å². The molecule has 6 heteroatoms. The van der Waals surface area contributed by atoms with Crippen LogP contribution in [0.15, 0.2) is 42.5 Å². The average Bonchev–Trinajstić information content (AvgIpc) is 2.69. The van der Waals surface area contributed by atoms with Crippen molar-refractivity contribution in [1.29, 1.82) is 0 Å². The van der Waals surface area contributed by atoms with E-state index in [4.69, 9.17) is 9.47 Å². The van der Waals surface area contributed by atoms with Crippen molar-refractivity contribution in [2.45, 2.75) is 6.92 Å². The third-order valence-electron chi connectivity index (χ3n) is 4.49. The number of phenolic OH excluding ortho intramolecular Hbond substituents is 1. The predicted molar refractivity (Wildman–Crippen MR) is 100 cm³/mol. The topological polar surface area (TPSA) is 62.2 Å². The normalized spacial score (nSPS) is 14.2. The molecule has 0 saturated carbocycles. The molecule has 26 heavy (non-hydrogen) atoms. The van der Waals surface area contributed by atoms with Crippen molar-refractivity contribution in [3.63, 3.8) is 0 Å². The highest BCUT2D eigenvalue weighted by Crippen LogP contribution is 2.29. The molecule has 1 aliphatic rings. The Balaban J connectivity index is 1.65. The highest BCUT2D eigenvalue weighted by molar-refractivity contribution is 5.95. The molecule has 1 aliphatic heterocycles. The van der Waals surface area contributed by atoms with Gasteiger partial charge in [-0.05, 0) is 49.4 Å². The van der Waals surface area contributed by atoms with Crippen LogP contribution >= 0.6 is 0 Å². The molecule has 3 rings (SSSR count). The lowest BCUT2D eigenvalue weighted by molar-refractivity contribution is 0.0746. The summed E-state index contributed by atoms with van der Waals surface area (Å²) in [6, 6.07) is 12.4. The van der Waals surface area contributed by atoms with Gasteiger partial charge in [0, 0.05) is 37.4 Å². The first-order valence-corrected chi connectivity index (χ1v) is 8.76. The Bertz CT molecular complexity index is 753. The van der Waals surface area contributed by atoms with Gasteiger partial charge >= 0.3 is 0 Å². The van der Waals surface area contributed by atoms with Gasteiger partial charge in [0.25, 0.3) is 5.91 Å². The van der Waals surface area contributed by atoms with Gasteiger partial charge in [-0.25, -0.2) is 0 Å². The van der Waals surface area contributed by atoms with E-state index >= 15 is 0 Å². The number of piperazine rings is 1. The Labute approximate surface area is 153 Å². The number of methoxy groups -OCH3 is 1. The van der Waals surface area contributed by atoms with E-state index < -0.39 is 0 Å². The van der Waals surface area contributed by atoms with Gasteiger partial charge in [0.15, 0.2) is 11.5 Å². The number of carbonyl (C=O) groups is 1. The van der Waals surface area contributed by atoms with Gasteiger partial charge in [-0.2, -0.15) is 0 Å². The van der Waals surface area contributed by atoms with Crippen molar-refractivity contribution < 1.29 is 19.4 Å². The molecule has 1 heterocycles. The zero-order chi connectivity index (χ0) is 18.5. The molecule has 1 N–H and O–H groups in total. The lowest BCUT2D eigenvalue weighted by Gasteiger charge is -2.36. The number of nitrogens with zero attached hydrogens (tertiary/aromatic N) is 2. The number of amides is 1. The Morgan fingerprint density at radius 3 is 2.35 bits per heavy atom. The first kappa shape index (κ1) is 17.9. The SMILES string of the molecule is CCOc1ccc(C(=O)N2CCN(c3ccc(O)cc3)CC2)cc1OC. The molecule has 1 saturated heterocycles. The van der Waals surface area contributed by atoms with Crippen molar-refractivity contribution >= 4 is 11.6 Å². The van der Waals surface area contributed by atoms with Gasteiger partial charge in [-0.15, -0.1) is 0 Å². The minimum Gasteiger partial charge on any atom is -0.508 e. The highest BCUT2D eigenvalue weighted by atomic mass is 16.5. The summed E-state index contributed by atoms with van der Waals surface area (Å²) in [5.74, 6) is 1.47. The van der Waals surface area contributed by atoms with Gasteiger partial charge < -0.3 is 24.4 Å². The predicted octanol–water partition coefficient (Wildman–Crippen LogP) is 2.76. The summed E-state index contributed by atoms with van der Waals surface area (Å²) in [6.45, 7) is 5.26. The van der Waals surface area contributed by atoms with Crippen LogP contribution in [0.4, 0.5) is 5.69 Å². The van der Waals surface area contributed by atoms with E-state index in [-0.39, 0.29) is 11.7 Å². The lowest BCUT2D eigenvalue weighted by atomic mass is 10.1. The molecule has 138 valence electrons. The number of benzene rings is 2. The Morgan fingerprint density at radius 1 is 1.04 bits per heavy atom. The molecule has 0 atom stereocenters. The molecule has 0 aromatic heterocycles. The maximum absolute atomic E-state index is 12.8. The molecular weight excluding hydrogens is 332 g/mol. The second kappa shape index (κ2) is 7.99. The van der Waals surface area contributed by atoms with E-state index in [9.17, 15) is 9.90 Å². The van der Waals surface area contributed by atoms with Gasteiger partial charge in [-0.3, -0.25) is 4.79 Å². The molecule has 0 unspecified atom stereocenters. The smallest absolute Gasteiger partial charge is 0.254 e. The van der Waals surface area contributed by atoms with Crippen LogP contribution in [-0.4, -0.2) is 55.8 Å². The molecule has 2 aromatic rings. The molecule has 1 amide bonds. The fraction of sp³-hybridized carbons (Fsp3) is 0.350. The van der Waals surface area contributed by atoms with Gasteiger partial charge in [0.05, 0.1) is 13.7 Å². The summed E-state index contributed by atoms with van der Waals surface area (Å²) in [5.41, 5.74) is 1.65. The first-order valence-electron chi connectivity index (χ1n) is 8.76. The molecule has 0 radical (unpaired) electrons. The molecule has 0 aliphatic carbocycles. The summed E-state index contributed by atoms with van der Waals surface area (Å²) in [6.07, 6.45) is 0. The van der Waals surface area contributed by atoms with E-state index in [0.29, 0.717) is 36.8 Å². The Kier molecular flexibility index (Phi) is 5.51. The highest BCUT2D eigenvalue weighted by Gasteiger charge is 2.23. The Morgan fingerprint density at radius 2 is 1.73 bits per heavy atom. The number of carbonyl (C=O) groups excluding carboxylic acids is 1. The van der Waals surface area contributed by atoms with Gasteiger partial charge in [0.2, 0.25) is 0 Å². The average molecular weight is 356 g/mol. The zero-order valence-electron chi connectivity index (χ0n) is 15.1. The quantitative estimate of drug-likeness (QED) is 0.893. The minimum atomic E-state index is -0.00305. The number of hydrogen-bond acceptors (Lipinski definition) is 5. The molecule has 2 aromatic carbocycles. The van der Waals surface area contributed by atoms with Crippen LogP contribution in [0.5, 0.6) is 17.2 Å². The van der Waals surface area contributed by atoms with E-state index in [1.807, 2.05) is 24.0 Å². The van der Waals surface area contributed by atoms with Crippen molar-refractivity contribution in [2.75, 3.05) is 44.8 Å². The van der Waals surface area contributed by atoms with Crippen LogP contribution in [0.25, 0.3) is 0 Å². The number of ether oxygens (including phenoxy) is 2. The maximum atomic E-state index is 12.8. The van der Waals surface area contributed by atoms with Gasteiger partial charge in [-0.1, -0.05) is 0 Å². The van der Waals surface area contributed by atoms with Crippen LogP contribution < -0.4 is 14.4 Å². The molecular formula is C20H24N2O4. The van der Waals surface area contributed by atoms with E-state index in [1.54, 1.807) is 37.4 Å². The monoisotopic (exact) mass is 356 g/mol. The number of aromatic hydroxyl groups is 1. The summed E-state index contributed by atoms with van der Waals surface area (Å²) >= 11 is 0. The number of anilines is 1. The van der Waals surface area contributed by atoms with Crippen LogP contribution in [0.3, 0.4) is 0 Å². The summed E-state index contributed by atoms with van der Waals surface area (Å²) in [4.78, 5) is 16.9.